The summed E-state index contributed by atoms with van der Waals surface area (Å²) < 4.78 is 0. The zero-order chi connectivity index (χ0) is 13.9. The lowest BCUT2D eigenvalue weighted by atomic mass is 9.88. The van der Waals surface area contributed by atoms with Crippen LogP contribution in [0.4, 0.5) is 0 Å². The summed E-state index contributed by atoms with van der Waals surface area (Å²) >= 11 is 0. The lowest BCUT2D eigenvalue weighted by Gasteiger charge is -2.40. The number of rotatable bonds is 3. The summed E-state index contributed by atoms with van der Waals surface area (Å²) in [6.45, 7) is 6.18. The molecular formula is C16H23N3. The molecule has 0 saturated carbocycles. The van der Waals surface area contributed by atoms with E-state index in [2.05, 4.69) is 24.8 Å². The predicted octanol–water partition coefficient (Wildman–Crippen LogP) is 2.48. The highest BCUT2D eigenvalue weighted by Crippen LogP contribution is 2.26. The maximum atomic E-state index is 9.51. The van der Waals surface area contributed by atoms with E-state index in [0.29, 0.717) is 12.6 Å². The molecule has 2 rings (SSSR count). The van der Waals surface area contributed by atoms with Crippen LogP contribution in [0.15, 0.2) is 30.3 Å². The first-order valence-electron chi connectivity index (χ1n) is 7.05. The molecule has 2 N–H and O–H groups in total. The van der Waals surface area contributed by atoms with E-state index in [0.717, 1.165) is 18.0 Å². The van der Waals surface area contributed by atoms with Gasteiger partial charge in [-0.05, 0) is 37.8 Å². The summed E-state index contributed by atoms with van der Waals surface area (Å²) in [6, 6.07) is 12.5. The summed E-state index contributed by atoms with van der Waals surface area (Å²) in [6.07, 6.45) is 2.39. The van der Waals surface area contributed by atoms with Crippen LogP contribution in [-0.2, 0) is 5.54 Å². The molecule has 1 heterocycles. The maximum Gasteiger partial charge on any atom is 0.142 e. The summed E-state index contributed by atoms with van der Waals surface area (Å²) in [7, 11) is 0. The smallest absolute Gasteiger partial charge is 0.142 e. The molecule has 19 heavy (non-hydrogen) atoms. The summed E-state index contributed by atoms with van der Waals surface area (Å²) in [5.74, 6) is 0.775. The average molecular weight is 257 g/mol. The van der Waals surface area contributed by atoms with Gasteiger partial charge >= 0.3 is 0 Å². The zero-order valence-electron chi connectivity index (χ0n) is 11.8. The van der Waals surface area contributed by atoms with Crippen molar-refractivity contribution in [2.24, 2.45) is 11.7 Å². The van der Waals surface area contributed by atoms with Gasteiger partial charge in [-0.2, -0.15) is 5.26 Å². The molecule has 0 amide bonds. The van der Waals surface area contributed by atoms with Crippen LogP contribution in [0.5, 0.6) is 0 Å². The molecule has 1 aliphatic rings. The minimum atomic E-state index is -0.907. The van der Waals surface area contributed by atoms with Crippen molar-refractivity contribution < 1.29 is 0 Å². The molecule has 102 valence electrons. The average Bonchev–Trinajstić information content (AvgIpc) is 2.43. The minimum absolute atomic E-state index is 0.503. The molecule has 1 aromatic rings. The van der Waals surface area contributed by atoms with Crippen molar-refractivity contribution in [2.45, 2.75) is 38.3 Å². The third-order valence-corrected chi connectivity index (χ3v) is 4.22. The first-order chi connectivity index (χ1) is 9.05. The Morgan fingerprint density at radius 1 is 1.37 bits per heavy atom. The SMILES string of the molecule is CC1CCN(CC(N)(C#N)c2ccccc2)C(C)C1. The van der Waals surface area contributed by atoms with E-state index < -0.39 is 5.54 Å². The highest BCUT2D eigenvalue weighted by Gasteiger charge is 2.33. The second kappa shape index (κ2) is 5.73. The van der Waals surface area contributed by atoms with E-state index >= 15 is 0 Å². The van der Waals surface area contributed by atoms with Crippen molar-refractivity contribution in [3.63, 3.8) is 0 Å². The van der Waals surface area contributed by atoms with Gasteiger partial charge in [0.1, 0.15) is 5.54 Å². The van der Waals surface area contributed by atoms with Gasteiger partial charge in [0.25, 0.3) is 0 Å². The van der Waals surface area contributed by atoms with Crippen LogP contribution in [0.2, 0.25) is 0 Å². The summed E-state index contributed by atoms with van der Waals surface area (Å²) in [5, 5.41) is 9.51. The molecule has 3 atom stereocenters. The Hall–Kier alpha value is -1.37. The van der Waals surface area contributed by atoms with Gasteiger partial charge < -0.3 is 5.73 Å². The van der Waals surface area contributed by atoms with E-state index in [1.807, 2.05) is 30.3 Å². The van der Waals surface area contributed by atoms with Crippen LogP contribution in [0, 0.1) is 17.2 Å². The lowest BCUT2D eigenvalue weighted by molar-refractivity contribution is 0.111. The number of hydrogen-bond donors (Lipinski definition) is 1. The zero-order valence-corrected chi connectivity index (χ0v) is 11.8. The largest absolute Gasteiger partial charge is 0.309 e. The van der Waals surface area contributed by atoms with Crippen LogP contribution in [-0.4, -0.2) is 24.0 Å². The molecule has 3 nitrogen and oxygen atoms in total. The minimum Gasteiger partial charge on any atom is -0.309 e. The number of nitrogens with zero attached hydrogens (tertiary/aromatic N) is 2. The van der Waals surface area contributed by atoms with E-state index in [4.69, 9.17) is 5.73 Å². The quantitative estimate of drug-likeness (QED) is 0.905. The topological polar surface area (TPSA) is 53.0 Å². The Labute approximate surface area is 116 Å². The number of nitrogens with two attached hydrogens (primary N) is 1. The third-order valence-electron chi connectivity index (χ3n) is 4.22. The van der Waals surface area contributed by atoms with Crippen LogP contribution < -0.4 is 5.73 Å². The van der Waals surface area contributed by atoms with Crippen molar-refractivity contribution in [3.05, 3.63) is 35.9 Å². The molecule has 3 heteroatoms. The monoisotopic (exact) mass is 257 g/mol. The van der Waals surface area contributed by atoms with Gasteiger partial charge in [-0.3, -0.25) is 4.90 Å². The molecule has 0 aromatic heterocycles. The van der Waals surface area contributed by atoms with Gasteiger partial charge in [0.2, 0.25) is 0 Å². The molecule has 0 aliphatic carbocycles. The Morgan fingerprint density at radius 3 is 2.63 bits per heavy atom. The van der Waals surface area contributed by atoms with Crippen molar-refractivity contribution in [1.82, 2.24) is 4.90 Å². The highest BCUT2D eigenvalue weighted by molar-refractivity contribution is 5.31. The van der Waals surface area contributed by atoms with Gasteiger partial charge in [0.05, 0.1) is 6.07 Å². The molecule has 1 aromatic carbocycles. The first kappa shape index (κ1) is 14.0. The first-order valence-corrected chi connectivity index (χ1v) is 7.05. The number of hydrogen-bond acceptors (Lipinski definition) is 3. The predicted molar refractivity (Wildman–Crippen MR) is 77.4 cm³/mol. The standard InChI is InChI=1S/C16H23N3/c1-13-8-9-19(14(2)10-13)12-16(18,11-17)15-6-4-3-5-7-15/h3-7,13-14H,8-10,12,18H2,1-2H3. The van der Waals surface area contributed by atoms with Crippen LogP contribution in [0.25, 0.3) is 0 Å². The molecule has 0 bridgehead atoms. The van der Waals surface area contributed by atoms with Crippen molar-refractivity contribution in [3.8, 4) is 6.07 Å². The van der Waals surface area contributed by atoms with Crippen molar-refractivity contribution in [2.75, 3.05) is 13.1 Å². The molecule has 3 unspecified atom stereocenters. The summed E-state index contributed by atoms with van der Waals surface area (Å²) in [4.78, 5) is 2.36. The van der Waals surface area contributed by atoms with Gasteiger partial charge in [-0.15, -0.1) is 0 Å². The number of likely N-dealkylation sites (tertiary alicyclic amines) is 1. The Kier molecular flexibility index (Phi) is 4.24. The van der Waals surface area contributed by atoms with Crippen molar-refractivity contribution in [1.29, 1.82) is 5.26 Å². The maximum absolute atomic E-state index is 9.51. The second-order valence-electron chi connectivity index (χ2n) is 5.90. The third kappa shape index (κ3) is 3.15. The fourth-order valence-electron chi connectivity index (χ4n) is 2.94. The Morgan fingerprint density at radius 2 is 2.05 bits per heavy atom. The van der Waals surface area contributed by atoms with Crippen LogP contribution >= 0.6 is 0 Å². The fraction of sp³-hybridized carbons (Fsp3) is 0.562. The van der Waals surface area contributed by atoms with E-state index in [1.54, 1.807) is 0 Å². The molecule has 1 fully saturated rings. The van der Waals surface area contributed by atoms with E-state index in [9.17, 15) is 5.26 Å². The molecule has 0 spiro atoms. The normalized spacial score (nSPS) is 27.5. The lowest BCUT2D eigenvalue weighted by Crippen LogP contribution is -2.51. The Balaban J connectivity index is 2.13. The summed E-state index contributed by atoms with van der Waals surface area (Å²) in [5.41, 5.74) is 6.34. The van der Waals surface area contributed by atoms with Gasteiger partial charge in [-0.1, -0.05) is 37.3 Å². The van der Waals surface area contributed by atoms with Crippen LogP contribution in [0.3, 0.4) is 0 Å². The van der Waals surface area contributed by atoms with E-state index in [1.165, 1.54) is 12.8 Å². The van der Waals surface area contributed by atoms with Crippen LogP contribution in [0.1, 0.15) is 32.3 Å². The van der Waals surface area contributed by atoms with Gasteiger partial charge in [-0.25, -0.2) is 0 Å². The molecule has 0 radical (unpaired) electrons. The number of benzene rings is 1. The molecule has 1 aliphatic heterocycles. The molecule has 1 saturated heterocycles. The van der Waals surface area contributed by atoms with E-state index in [-0.39, 0.29) is 0 Å². The highest BCUT2D eigenvalue weighted by atomic mass is 15.2. The Bertz CT molecular complexity index is 451. The number of piperidine rings is 1. The number of nitriles is 1. The second-order valence-corrected chi connectivity index (χ2v) is 5.90. The van der Waals surface area contributed by atoms with Gasteiger partial charge in [0, 0.05) is 12.6 Å². The fourth-order valence-corrected chi connectivity index (χ4v) is 2.94. The van der Waals surface area contributed by atoms with Gasteiger partial charge in [0.15, 0.2) is 0 Å². The van der Waals surface area contributed by atoms with Crippen molar-refractivity contribution >= 4 is 0 Å². The molecular weight excluding hydrogens is 234 g/mol.